The van der Waals surface area contributed by atoms with Crippen molar-refractivity contribution in [1.82, 2.24) is 0 Å². The first-order chi connectivity index (χ1) is 27.1. The molecular formula is C48H78NO7+. The predicted octanol–water partition coefficient (Wildman–Crippen LogP) is 11.5. The van der Waals surface area contributed by atoms with E-state index >= 15 is 0 Å². The summed E-state index contributed by atoms with van der Waals surface area (Å²) < 4.78 is 17.2. The van der Waals surface area contributed by atoms with Gasteiger partial charge in [-0.15, -0.1) is 0 Å². The van der Waals surface area contributed by atoms with Crippen molar-refractivity contribution in [3.63, 3.8) is 0 Å². The monoisotopic (exact) mass is 781 g/mol. The highest BCUT2D eigenvalue weighted by molar-refractivity contribution is 5.72. The summed E-state index contributed by atoms with van der Waals surface area (Å²) in [5.41, 5.74) is 0. The van der Waals surface area contributed by atoms with E-state index in [0.717, 1.165) is 70.6 Å². The van der Waals surface area contributed by atoms with Gasteiger partial charge in [-0.2, -0.15) is 0 Å². The highest BCUT2D eigenvalue weighted by Crippen LogP contribution is 2.12. The molecule has 0 saturated carbocycles. The fourth-order valence-electron chi connectivity index (χ4n) is 5.58. The van der Waals surface area contributed by atoms with E-state index in [0.29, 0.717) is 19.3 Å². The van der Waals surface area contributed by atoms with Gasteiger partial charge in [0.25, 0.3) is 0 Å². The molecule has 8 nitrogen and oxygen atoms in total. The average molecular weight is 781 g/mol. The molecule has 2 unspecified atom stereocenters. The van der Waals surface area contributed by atoms with E-state index < -0.39 is 18.1 Å². The van der Waals surface area contributed by atoms with Crippen LogP contribution in [0.15, 0.2) is 97.2 Å². The Bertz CT molecular complexity index is 1230. The molecule has 316 valence electrons. The fraction of sp³-hybridized carbons (Fsp3) is 0.604. The second-order valence-corrected chi connectivity index (χ2v) is 15.0. The number of rotatable bonds is 36. The maximum Gasteiger partial charge on any atom is 0.362 e. The lowest BCUT2D eigenvalue weighted by Crippen LogP contribution is -2.50. The van der Waals surface area contributed by atoms with Crippen molar-refractivity contribution in [2.24, 2.45) is 0 Å². The van der Waals surface area contributed by atoms with Crippen LogP contribution < -0.4 is 0 Å². The number of carbonyl (C=O) groups is 3. The molecule has 0 rings (SSSR count). The number of aliphatic carboxylic acids is 1. The van der Waals surface area contributed by atoms with Crippen LogP contribution in [0.5, 0.6) is 0 Å². The molecule has 0 fully saturated rings. The molecule has 0 aliphatic heterocycles. The Morgan fingerprint density at radius 1 is 0.554 bits per heavy atom. The van der Waals surface area contributed by atoms with E-state index in [1.165, 1.54) is 32.1 Å². The molecule has 8 heteroatoms. The Labute approximate surface area is 341 Å². The first-order valence-corrected chi connectivity index (χ1v) is 21.4. The number of unbranched alkanes of at least 4 members (excludes halogenated alkanes) is 12. The SMILES string of the molecule is CC/C=C/C=C/C=C/C=C/C=C/C=C/CCCCCC(=O)OCC(COCCC(C(=O)O)[N+](C)(C)C)OC(=O)CCCCCCCC/C=C/C=C/CCCCC. The molecule has 1 N–H and O–H groups in total. The third kappa shape index (κ3) is 35.9. The quantitative estimate of drug-likeness (QED) is 0.0292. The summed E-state index contributed by atoms with van der Waals surface area (Å²) >= 11 is 0. The minimum Gasteiger partial charge on any atom is -0.477 e. The zero-order valence-electron chi connectivity index (χ0n) is 35.8. The molecule has 2 atom stereocenters. The van der Waals surface area contributed by atoms with Crippen LogP contribution in [-0.4, -0.2) is 80.6 Å². The number of carboxylic acid groups (broad SMARTS) is 1. The van der Waals surface area contributed by atoms with E-state index in [1.54, 1.807) is 0 Å². The van der Waals surface area contributed by atoms with Crippen molar-refractivity contribution >= 4 is 17.9 Å². The highest BCUT2D eigenvalue weighted by atomic mass is 16.6. The normalized spacial score (nSPS) is 13.9. The Kier molecular flexibility index (Phi) is 35.6. The number of carbonyl (C=O) groups excluding carboxylic acids is 2. The Morgan fingerprint density at radius 3 is 1.52 bits per heavy atom. The van der Waals surface area contributed by atoms with E-state index in [4.69, 9.17) is 14.2 Å². The van der Waals surface area contributed by atoms with E-state index in [-0.39, 0.29) is 36.2 Å². The van der Waals surface area contributed by atoms with Gasteiger partial charge in [0.2, 0.25) is 0 Å². The number of hydrogen-bond acceptors (Lipinski definition) is 6. The van der Waals surface area contributed by atoms with Crippen molar-refractivity contribution in [2.45, 2.75) is 148 Å². The maximum absolute atomic E-state index is 12.7. The number of hydrogen-bond donors (Lipinski definition) is 1. The number of carboxylic acids is 1. The Balaban J connectivity index is 4.51. The van der Waals surface area contributed by atoms with Crippen LogP contribution in [-0.2, 0) is 28.6 Å². The Hall–Kier alpha value is -3.75. The molecule has 0 aliphatic carbocycles. The standard InChI is InChI=1S/C48H77NO7/c1-6-8-10-12-14-16-18-20-22-23-25-26-28-30-32-34-36-38-46(50)55-43-44(42-54-41-40-45(48(52)53)49(3,4)5)56-47(51)39-37-35-33-31-29-27-24-21-19-17-15-13-11-9-7-2/h8,10,12,14-23,25-26,28,44-45H,6-7,9,11,13,24,27,29-43H2,1-5H3/p+1/b10-8+,14-12+,17-15+,18-16+,21-19+,22-20+,25-23+,28-26+. The van der Waals surface area contributed by atoms with Crippen molar-refractivity contribution in [2.75, 3.05) is 41.0 Å². The average Bonchev–Trinajstić information content (AvgIpc) is 3.15. The van der Waals surface area contributed by atoms with Crippen LogP contribution in [0.4, 0.5) is 0 Å². The summed E-state index contributed by atoms with van der Waals surface area (Å²) in [6.45, 7) is 4.47. The van der Waals surface area contributed by atoms with E-state index in [9.17, 15) is 19.5 Å². The molecule has 56 heavy (non-hydrogen) atoms. The molecule has 0 radical (unpaired) electrons. The lowest BCUT2D eigenvalue weighted by Gasteiger charge is -2.31. The molecule has 0 saturated heterocycles. The van der Waals surface area contributed by atoms with Gasteiger partial charge in [-0.25, -0.2) is 4.79 Å². The number of esters is 2. The van der Waals surface area contributed by atoms with Gasteiger partial charge in [-0.1, -0.05) is 156 Å². The fourth-order valence-corrected chi connectivity index (χ4v) is 5.58. The zero-order valence-corrected chi connectivity index (χ0v) is 35.8. The minimum atomic E-state index is -0.889. The molecular weight excluding hydrogens is 703 g/mol. The van der Waals surface area contributed by atoms with Crippen LogP contribution in [0.1, 0.15) is 136 Å². The van der Waals surface area contributed by atoms with Gasteiger partial charge in [0, 0.05) is 19.3 Å². The zero-order chi connectivity index (χ0) is 41.4. The van der Waals surface area contributed by atoms with Gasteiger partial charge in [0.1, 0.15) is 6.61 Å². The lowest BCUT2D eigenvalue weighted by atomic mass is 10.1. The summed E-state index contributed by atoms with van der Waals surface area (Å²) in [7, 11) is 5.49. The first-order valence-electron chi connectivity index (χ1n) is 21.4. The summed E-state index contributed by atoms with van der Waals surface area (Å²) in [6.07, 6.45) is 50.1. The predicted molar refractivity (Wildman–Crippen MR) is 233 cm³/mol. The summed E-state index contributed by atoms with van der Waals surface area (Å²) in [4.78, 5) is 36.9. The smallest absolute Gasteiger partial charge is 0.362 e. The lowest BCUT2D eigenvalue weighted by molar-refractivity contribution is -0.887. The van der Waals surface area contributed by atoms with Gasteiger partial charge < -0.3 is 23.8 Å². The summed E-state index contributed by atoms with van der Waals surface area (Å²) in [5, 5.41) is 9.61. The van der Waals surface area contributed by atoms with Gasteiger partial charge in [0.05, 0.1) is 34.4 Å². The molecule has 0 aromatic heterocycles. The number of ether oxygens (including phenoxy) is 3. The first kappa shape index (κ1) is 52.2. The number of allylic oxidation sites excluding steroid dienone is 16. The number of likely N-dealkylation sites (N-methyl/N-ethyl adjacent to an activating group) is 1. The number of quaternary nitrogens is 1. The van der Waals surface area contributed by atoms with Crippen molar-refractivity contribution in [1.29, 1.82) is 0 Å². The summed E-state index contributed by atoms with van der Waals surface area (Å²) in [6, 6.07) is -0.629. The second kappa shape index (κ2) is 38.1. The van der Waals surface area contributed by atoms with Crippen LogP contribution in [0.25, 0.3) is 0 Å². The molecule has 0 bridgehead atoms. The largest absolute Gasteiger partial charge is 0.477 e. The highest BCUT2D eigenvalue weighted by Gasteiger charge is 2.31. The third-order valence-corrected chi connectivity index (χ3v) is 8.91. The topological polar surface area (TPSA) is 99.1 Å². The van der Waals surface area contributed by atoms with Crippen LogP contribution in [0.2, 0.25) is 0 Å². The van der Waals surface area contributed by atoms with Crippen LogP contribution >= 0.6 is 0 Å². The third-order valence-electron chi connectivity index (χ3n) is 8.91. The summed E-state index contributed by atoms with van der Waals surface area (Å²) in [5.74, 6) is -1.56. The number of nitrogens with zero attached hydrogens (tertiary/aromatic N) is 1. The maximum atomic E-state index is 12.7. The van der Waals surface area contributed by atoms with Crippen LogP contribution in [0.3, 0.4) is 0 Å². The molecule has 0 aliphatic rings. The van der Waals surface area contributed by atoms with E-state index in [2.05, 4.69) is 50.3 Å². The van der Waals surface area contributed by atoms with Crippen molar-refractivity contribution in [3.05, 3.63) is 97.2 Å². The van der Waals surface area contributed by atoms with Gasteiger partial charge in [0.15, 0.2) is 12.1 Å². The minimum absolute atomic E-state index is 0.0349. The van der Waals surface area contributed by atoms with E-state index in [1.807, 2.05) is 81.9 Å². The molecule has 0 amide bonds. The molecule has 0 aromatic carbocycles. The van der Waals surface area contributed by atoms with Gasteiger partial charge in [-0.05, 0) is 57.8 Å². The van der Waals surface area contributed by atoms with Gasteiger partial charge in [-0.3, -0.25) is 9.59 Å². The molecule has 0 aromatic rings. The van der Waals surface area contributed by atoms with Gasteiger partial charge >= 0.3 is 17.9 Å². The van der Waals surface area contributed by atoms with Crippen LogP contribution in [0, 0.1) is 0 Å². The molecule has 0 spiro atoms. The Morgan fingerprint density at radius 2 is 1.00 bits per heavy atom. The molecule has 0 heterocycles. The van der Waals surface area contributed by atoms with Crippen molar-refractivity contribution in [3.8, 4) is 0 Å². The second-order valence-electron chi connectivity index (χ2n) is 15.0. The van der Waals surface area contributed by atoms with Crippen molar-refractivity contribution < 1.29 is 38.2 Å².